The molecule has 2 aliphatic rings. The van der Waals surface area contributed by atoms with Gasteiger partial charge >= 0.3 is 31.0 Å². The minimum Gasteiger partial charge on any atom is -0.463 e. The topological polar surface area (TPSA) is 133 Å². The minimum atomic E-state index is -1.23. The van der Waals surface area contributed by atoms with Crippen LogP contribution in [0, 0.1) is 0 Å². The summed E-state index contributed by atoms with van der Waals surface area (Å²) in [5, 5.41) is 0. The van der Waals surface area contributed by atoms with Gasteiger partial charge in [0.25, 0.3) is 0 Å². The molecule has 208 valence electrons. The Morgan fingerprint density at radius 1 is 0.737 bits per heavy atom. The van der Waals surface area contributed by atoms with E-state index in [0.29, 0.717) is 5.56 Å². The summed E-state index contributed by atoms with van der Waals surface area (Å²) in [5.41, 5.74) is 0.299. The second kappa shape index (κ2) is 11.4. The molecule has 2 fully saturated rings. The number of hydrogen-bond donors (Lipinski definition) is 0. The molecular weight excluding hydrogens is 499 g/mol. The van der Waals surface area contributed by atoms with Gasteiger partial charge in [0.1, 0.15) is 18.8 Å². The molecule has 0 N–H and O–H groups in total. The molecule has 0 spiro atoms. The van der Waals surface area contributed by atoms with Crippen LogP contribution in [0.1, 0.15) is 67.1 Å². The van der Waals surface area contributed by atoms with Crippen molar-refractivity contribution in [3.63, 3.8) is 0 Å². The van der Waals surface area contributed by atoms with E-state index in [2.05, 4.69) is 0 Å². The zero-order chi connectivity index (χ0) is 28.4. The number of rotatable bonds is 7. The fourth-order valence-corrected chi connectivity index (χ4v) is 4.32. The average molecular weight is 534 g/mol. The zero-order valence-electron chi connectivity index (χ0n) is 23.0. The highest BCUT2D eigenvalue weighted by molar-refractivity contribution is 6.62. The largest absolute Gasteiger partial charge is 0.494 e. The molecule has 12 heteroatoms. The van der Waals surface area contributed by atoms with Gasteiger partial charge in [-0.25, -0.2) is 0 Å². The van der Waals surface area contributed by atoms with E-state index in [0.717, 1.165) is 5.46 Å². The molecule has 1 aromatic carbocycles. The fraction of sp³-hybridized carbons (Fsp3) is 0.615. The number of benzene rings is 1. The van der Waals surface area contributed by atoms with Crippen molar-refractivity contribution in [2.45, 2.75) is 97.1 Å². The smallest absolute Gasteiger partial charge is 0.463 e. The first-order valence-corrected chi connectivity index (χ1v) is 12.4. The summed E-state index contributed by atoms with van der Waals surface area (Å²) in [5.74, 6) is -2.61. The van der Waals surface area contributed by atoms with E-state index >= 15 is 0 Å². The number of esters is 4. The molecule has 0 aromatic heterocycles. The van der Waals surface area contributed by atoms with Crippen LogP contribution in [0.15, 0.2) is 24.3 Å². The lowest BCUT2D eigenvalue weighted by Gasteiger charge is -2.44. The Morgan fingerprint density at radius 3 is 1.68 bits per heavy atom. The lowest BCUT2D eigenvalue weighted by Crippen LogP contribution is -2.59. The van der Waals surface area contributed by atoms with Gasteiger partial charge in [0.15, 0.2) is 18.3 Å². The standard InChI is InChI=1S/C26H35BO11/c1-14(28)32-13-20-22(33-15(2)29)24(35-17(4)31)23(34-16(3)30)21(36-20)18-9-11-19(12-10-18)27-37-25(5,6)26(7,8)38-27/h9-12,20-24H,13H2,1-8H3. The van der Waals surface area contributed by atoms with Crippen molar-refractivity contribution >= 4 is 36.5 Å². The van der Waals surface area contributed by atoms with Crippen LogP contribution in [0.2, 0.25) is 0 Å². The number of carbonyl (C=O) groups excluding carboxylic acids is 4. The Kier molecular flexibility index (Phi) is 8.90. The second-order valence-electron chi connectivity index (χ2n) is 10.4. The van der Waals surface area contributed by atoms with Crippen molar-refractivity contribution in [2.75, 3.05) is 6.61 Å². The quantitative estimate of drug-likeness (QED) is 0.288. The lowest BCUT2D eigenvalue weighted by atomic mass is 9.78. The molecule has 0 amide bonds. The summed E-state index contributed by atoms with van der Waals surface area (Å²) in [7, 11) is -0.593. The van der Waals surface area contributed by atoms with Crippen LogP contribution in [-0.4, -0.2) is 73.2 Å². The monoisotopic (exact) mass is 534 g/mol. The molecule has 3 rings (SSSR count). The van der Waals surface area contributed by atoms with Gasteiger partial charge in [-0.3, -0.25) is 19.2 Å². The van der Waals surface area contributed by atoms with Crippen LogP contribution in [0.5, 0.6) is 0 Å². The summed E-state index contributed by atoms with van der Waals surface area (Å²) in [4.78, 5) is 47.5. The first-order chi connectivity index (χ1) is 17.6. The zero-order valence-corrected chi connectivity index (χ0v) is 23.0. The summed E-state index contributed by atoms with van der Waals surface area (Å²) >= 11 is 0. The fourth-order valence-electron chi connectivity index (χ4n) is 4.32. The van der Waals surface area contributed by atoms with Crippen LogP contribution in [0.3, 0.4) is 0 Å². The molecule has 5 atom stereocenters. The molecule has 0 aliphatic carbocycles. The molecule has 38 heavy (non-hydrogen) atoms. The van der Waals surface area contributed by atoms with Crippen molar-refractivity contribution in [1.29, 1.82) is 0 Å². The van der Waals surface area contributed by atoms with Gasteiger partial charge < -0.3 is 33.0 Å². The van der Waals surface area contributed by atoms with E-state index in [1.807, 2.05) is 27.7 Å². The molecule has 2 aliphatic heterocycles. The summed E-state index contributed by atoms with van der Waals surface area (Å²) in [6, 6.07) is 7.10. The van der Waals surface area contributed by atoms with Crippen molar-refractivity contribution in [2.24, 2.45) is 0 Å². The van der Waals surface area contributed by atoms with Gasteiger partial charge in [-0.1, -0.05) is 24.3 Å². The molecule has 2 saturated heterocycles. The molecular formula is C26H35BO11. The van der Waals surface area contributed by atoms with Gasteiger partial charge in [0, 0.05) is 27.7 Å². The van der Waals surface area contributed by atoms with E-state index in [1.165, 1.54) is 27.7 Å². The molecule has 11 nitrogen and oxygen atoms in total. The maximum absolute atomic E-state index is 12.1. The van der Waals surface area contributed by atoms with Crippen LogP contribution in [0.25, 0.3) is 0 Å². The Labute approximate surface area is 222 Å². The third-order valence-electron chi connectivity index (χ3n) is 6.78. The number of hydrogen-bond acceptors (Lipinski definition) is 11. The van der Waals surface area contributed by atoms with Crippen LogP contribution < -0.4 is 5.46 Å². The highest BCUT2D eigenvalue weighted by Crippen LogP contribution is 2.39. The first-order valence-electron chi connectivity index (χ1n) is 12.4. The van der Waals surface area contributed by atoms with Gasteiger partial charge in [-0.15, -0.1) is 0 Å². The Balaban J connectivity index is 1.98. The van der Waals surface area contributed by atoms with Gasteiger partial charge in [0.2, 0.25) is 0 Å². The SMILES string of the molecule is CC(=O)OCC1OC(c2ccc(B3OC(C)(C)C(C)(C)O3)cc2)C(OC(C)=O)C(OC(C)=O)C1OC(C)=O. The average Bonchev–Trinajstić information content (AvgIpc) is 3.01. The van der Waals surface area contributed by atoms with Crippen molar-refractivity contribution < 1.29 is 52.2 Å². The Bertz CT molecular complexity index is 1040. The van der Waals surface area contributed by atoms with Crippen LogP contribution >= 0.6 is 0 Å². The molecule has 1 aromatic rings. The molecule has 0 bridgehead atoms. The number of ether oxygens (including phenoxy) is 5. The number of carbonyl (C=O) groups is 4. The van der Waals surface area contributed by atoms with Crippen molar-refractivity contribution in [1.82, 2.24) is 0 Å². The van der Waals surface area contributed by atoms with E-state index < -0.39 is 72.7 Å². The lowest BCUT2D eigenvalue weighted by molar-refractivity contribution is -0.254. The second-order valence-corrected chi connectivity index (χ2v) is 10.4. The Hall–Kier alpha value is -2.96. The van der Waals surface area contributed by atoms with Gasteiger partial charge in [-0.05, 0) is 38.7 Å². The van der Waals surface area contributed by atoms with Crippen LogP contribution in [-0.2, 0) is 52.2 Å². The summed E-state index contributed by atoms with van der Waals surface area (Å²) in [6.07, 6.45) is -5.59. The van der Waals surface area contributed by atoms with Crippen molar-refractivity contribution in [3.8, 4) is 0 Å². The van der Waals surface area contributed by atoms with E-state index in [4.69, 9.17) is 33.0 Å². The third kappa shape index (κ3) is 6.72. The Morgan fingerprint density at radius 2 is 1.21 bits per heavy atom. The van der Waals surface area contributed by atoms with E-state index in [9.17, 15) is 19.2 Å². The van der Waals surface area contributed by atoms with Crippen LogP contribution in [0.4, 0.5) is 0 Å². The van der Waals surface area contributed by atoms with Gasteiger partial charge in [-0.2, -0.15) is 0 Å². The molecule has 0 radical (unpaired) electrons. The van der Waals surface area contributed by atoms with E-state index in [-0.39, 0.29) is 6.61 Å². The van der Waals surface area contributed by atoms with Gasteiger partial charge in [0.05, 0.1) is 11.2 Å². The molecule has 0 saturated carbocycles. The normalized spacial score (nSPS) is 27.8. The van der Waals surface area contributed by atoms with Crippen molar-refractivity contribution in [3.05, 3.63) is 29.8 Å². The summed E-state index contributed by atoms with van der Waals surface area (Å²) in [6.45, 7) is 12.3. The maximum atomic E-state index is 12.1. The highest BCUT2D eigenvalue weighted by Gasteiger charge is 2.53. The maximum Gasteiger partial charge on any atom is 0.494 e. The molecule has 2 heterocycles. The summed E-state index contributed by atoms with van der Waals surface area (Å²) < 4.78 is 40.0. The predicted octanol–water partition coefficient (Wildman–Crippen LogP) is 1.78. The van der Waals surface area contributed by atoms with E-state index in [1.54, 1.807) is 24.3 Å². The highest BCUT2D eigenvalue weighted by atomic mass is 16.7. The third-order valence-corrected chi connectivity index (χ3v) is 6.78. The first kappa shape index (κ1) is 29.6. The minimum absolute atomic E-state index is 0.291. The molecule has 5 unspecified atom stereocenters. The predicted molar refractivity (Wildman–Crippen MR) is 133 cm³/mol.